The van der Waals surface area contributed by atoms with Crippen LogP contribution in [-0.2, 0) is 36.2 Å². The van der Waals surface area contributed by atoms with Crippen LogP contribution < -0.4 is 24.8 Å². The molecule has 54 heavy (non-hydrogen) atoms. The number of halogens is 2. The van der Waals surface area contributed by atoms with Crippen LogP contribution in [0, 0.1) is 25.7 Å². The Bertz CT molecular complexity index is 1850. The minimum Gasteiger partial charge on any atom is -1.00 e. The van der Waals surface area contributed by atoms with Crippen LogP contribution in [0.4, 0.5) is 0 Å². The molecule has 4 heteroatoms. The number of fused-ring (bicyclic) bond motifs is 2. The predicted molar refractivity (Wildman–Crippen MR) is 227 cm³/mol. The fourth-order valence-electron chi connectivity index (χ4n) is 8.60. The summed E-state index contributed by atoms with van der Waals surface area (Å²) in [6, 6.07) is 41.1. The average Bonchev–Trinajstić information content (AvgIpc) is 3.52. The van der Waals surface area contributed by atoms with Gasteiger partial charge in [0.25, 0.3) is 0 Å². The van der Waals surface area contributed by atoms with Crippen LogP contribution in [0.15, 0.2) is 109 Å². The molecule has 6 aromatic rings. The molecule has 0 spiro atoms. The van der Waals surface area contributed by atoms with Gasteiger partial charge in [0.05, 0.1) is 0 Å². The molecule has 0 heterocycles. The van der Waals surface area contributed by atoms with E-state index in [2.05, 4.69) is 136 Å². The molecule has 6 aromatic carbocycles. The van der Waals surface area contributed by atoms with Gasteiger partial charge >= 0.3 is 41.9 Å². The van der Waals surface area contributed by atoms with Gasteiger partial charge in [0, 0.05) is 0 Å². The minimum absolute atomic E-state index is 0. The van der Waals surface area contributed by atoms with Crippen LogP contribution in [0.5, 0.6) is 0 Å². The monoisotopic (exact) mass is 848 g/mol. The normalized spacial score (nSPS) is 15.1. The van der Waals surface area contributed by atoms with E-state index in [1.54, 1.807) is 23.3 Å². The second-order valence-corrected chi connectivity index (χ2v) is 25.6. The molecular formula is C50H60Cl2SiZr-2. The molecular weight excluding hydrogens is 791 g/mol. The van der Waals surface area contributed by atoms with E-state index in [1.807, 2.05) is 0 Å². The van der Waals surface area contributed by atoms with Crippen molar-refractivity contribution in [3.05, 3.63) is 131 Å². The van der Waals surface area contributed by atoms with Crippen molar-refractivity contribution in [3.8, 4) is 22.3 Å². The molecule has 2 fully saturated rings. The summed E-state index contributed by atoms with van der Waals surface area (Å²) in [6.07, 6.45) is 19.7. The molecule has 284 valence electrons. The first-order valence-electron chi connectivity index (χ1n) is 20.3. The molecule has 0 bridgehead atoms. The Balaban J connectivity index is 0.000000212. The third-order valence-electron chi connectivity index (χ3n) is 11.3. The van der Waals surface area contributed by atoms with Gasteiger partial charge in [-0.15, -0.1) is 69.1 Å². The van der Waals surface area contributed by atoms with Gasteiger partial charge in [-0.2, -0.15) is 12.1 Å². The fourth-order valence-corrected chi connectivity index (χ4v) is 8.60. The molecule has 0 atom stereocenters. The molecule has 0 N–H and O–H groups in total. The molecule has 2 saturated carbocycles. The topological polar surface area (TPSA) is 0 Å². The van der Waals surface area contributed by atoms with E-state index < -0.39 is 0 Å². The second-order valence-electron chi connectivity index (χ2n) is 16.2. The Morgan fingerprint density at radius 1 is 0.519 bits per heavy atom. The van der Waals surface area contributed by atoms with Gasteiger partial charge in [-0.05, 0) is 49.7 Å². The van der Waals surface area contributed by atoms with Gasteiger partial charge in [-0.1, -0.05) is 160 Å². The first-order chi connectivity index (χ1) is 25.3. The standard InChI is InChI=1S/2C24H27.C2H6Si.2ClH.Zr/c2*1-18-11-13-21(14-12-18)23-10-6-9-22-16-20(17-24(22)23)15-19-7-4-2-3-5-8-19;1-3-2;;;/h2*6,9-14,16-17,19H,2-5,7-8,15H2,1H3;1-2H3;2*1H;/q2*-1;;;;+2/p-2. The molecule has 8 rings (SSSR count). The first kappa shape index (κ1) is 44.5. The molecule has 0 radical (unpaired) electrons. The summed E-state index contributed by atoms with van der Waals surface area (Å²) in [7, 11) is 0. The van der Waals surface area contributed by atoms with Gasteiger partial charge < -0.3 is 24.8 Å². The van der Waals surface area contributed by atoms with E-state index in [0.29, 0.717) is 0 Å². The van der Waals surface area contributed by atoms with Crippen LogP contribution in [0.3, 0.4) is 0 Å². The fraction of sp³-hybridized carbons (Fsp3) is 0.400. The zero-order valence-corrected chi connectivity index (χ0v) is 38.2. The number of hydrogen-bond acceptors (Lipinski definition) is 0. The van der Waals surface area contributed by atoms with E-state index in [4.69, 9.17) is 0 Å². The molecule has 0 amide bonds. The van der Waals surface area contributed by atoms with E-state index >= 15 is 0 Å². The van der Waals surface area contributed by atoms with Crippen molar-refractivity contribution in [1.29, 1.82) is 0 Å². The molecule has 2 aliphatic rings. The Kier molecular flexibility index (Phi) is 18.5. The maximum absolute atomic E-state index is 2.45. The molecule has 0 saturated heterocycles. The van der Waals surface area contributed by atoms with E-state index in [0.717, 1.165) is 11.8 Å². The zero-order chi connectivity index (χ0) is 36.3. The molecule has 0 aliphatic heterocycles. The van der Waals surface area contributed by atoms with Crippen molar-refractivity contribution in [2.24, 2.45) is 11.8 Å². The van der Waals surface area contributed by atoms with Crippen LogP contribution in [0.25, 0.3) is 43.8 Å². The third kappa shape index (κ3) is 12.9. The summed E-state index contributed by atoms with van der Waals surface area (Å²) in [4.78, 5) is 0. The van der Waals surface area contributed by atoms with Gasteiger partial charge in [-0.3, -0.25) is 0 Å². The van der Waals surface area contributed by atoms with Crippen molar-refractivity contribution < 1.29 is 48.1 Å². The zero-order valence-electron chi connectivity index (χ0n) is 33.2. The quantitative estimate of drug-likeness (QED) is 0.0894. The number of aryl methyl sites for hydroxylation is 2. The molecule has 0 aromatic heterocycles. The number of benzene rings is 4. The predicted octanol–water partition coefficient (Wildman–Crippen LogP) is 8.89. The van der Waals surface area contributed by atoms with E-state index in [1.165, 1.54) is 156 Å². The van der Waals surface area contributed by atoms with E-state index in [-0.39, 0.29) is 30.2 Å². The van der Waals surface area contributed by atoms with Gasteiger partial charge in [0.15, 0.2) is 0 Å². The number of hydrogen-bond donors (Lipinski definition) is 0. The Hall–Kier alpha value is -2.22. The van der Waals surface area contributed by atoms with Crippen LogP contribution in [-0.4, -0.2) is 5.43 Å². The first-order valence-corrected chi connectivity index (χ1v) is 26.5. The van der Waals surface area contributed by atoms with Crippen molar-refractivity contribution in [2.45, 2.75) is 117 Å². The number of rotatable bonds is 6. The van der Waals surface area contributed by atoms with Gasteiger partial charge in [0.1, 0.15) is 0 Å². The van der Waals surface area contributed by atoms with Gasteiger partial charge in [-0.25, -0.2) is 0 Å². The van der Waals surface area contributed by atoms with Crippen molar-refractivity contribution in [2.75, 3.05) is 0 Å². The smallest absolute Gasteiger partial charge is 0.0279 e. The summed E-state index contributed by atoms with van der Waals surface area (Å²) in [5.41, 5.74) is 11.3. The van der Waals surface area contributed by atoms with Crippen molar-refractivity contribution in [1.82, 2.24) is 0 Å². The van der Waals surface area contributed by atoms with Crippen LogP contribution >= 0.6 is 0 Å². The largest absolute Gasteiger partial charge is 1.00 e. The van der Waals surface area contributed by atoms with Crippen LogP contribution in [0.1, 0.15) is 99.3 Å². The Morgan fingerprint density at radius 2 is 0.852 bits per heavy atom. The molecule has 2 aliphatic carbocycles. The van der Waals surface area contributed by atoms with Gasteiger partial charge in [0.2, 0.25) is 0 Å². The Labute approximate surface area is 354 Å². The van der Waals surface area contributed by atoms with Crippen molar-refractivity contribution in [3.63, 3.8) is 0 Å². The maximum Gasteiger partial charge on any atom is -0.0279 e. The summed E-state index contributed by atoms with van der Waals surface area (Å²) < 4.78 is 0. The summed E-state index contributed by atoms with van der Waals surface area (Å²) in [5.74, 6) is 1.79. The Morgan fingerprint density at radius 3 is 1.19 bits per heavy atom. The third-order valence-corrected chi connectivity index (χ3v) is 11.3. The molecule has 0 unspecified atom stereocenters. The summed E-state index contributed by atoms with van der Waals surface area (Å²) in [6.45, 7) is 8.92. The van der Waals surface area contributed by atoms with Crippen LogP contribution in [0.2, 0.25) is 13.1 Å². The summed E-state index contributed by atoms with van der Waals surface area (Å²) >= 11 is 1.74. The van der Waals surface area contributed by atoms with Crippen molar-refractivity contribution >= 4 is 27.0 Å². The molecule has 0 nitrogen and oxygen atoms in total. The maximum atomic E-state index is 2.45. The SMILES string of the molecule is C[Si](C)=[Zr+2].Cc1ccc(-c2cccc3[cH-]c(CC4CCCCCC4)cc23)cc1.Cc1ccc(-c2cccc3[cH-]c(CC4CCCCCC4)cc23)cc1.[Cl-].[Cl-]. The minimum atomic E-state index is 0. The summed E-state index contributed by atoms with van der Waals surface area (Å²) in [5, 5.41) is 5.64. The average molecular weight is 851 g/mol. The van der Waals surface area contributed by atoms with E-state index in [9.17, 15) is 0 Å². The second kappa shape index (κ2) is 22.5.